The smallest absolute Gasteiger partial charge is 0.361 e. The molecule has 3 rings (SSSR count). The minimum Gasteiger partial charge on any atom is -0.361 e. The second-order valence-corrected chi connectivity index (χ2v) is 5.57. The molecule has 8 heteroatoms. The molecule has 0 fully saturated rings. The number of carbonyl (C=O) groups is 1. The van der Waals surface area contributed by atoms with Gasteiger partial charge in [-0.15, -0.1) is 0 Å². The molecule has 0 aliphatic heterocycles. The number of aromatic nitrogens is 1. The number of aromatic amines is 1. The van der Waals surface area contributed by atoms with Gasteiger partial charge in [-0.05, 0) is 42.0 Å². The van der Waals surface area contributed by atoms with E-state index in [1.54, 1.807) is 30.5 Å². The number of halogens is 3. The molecule has 0 unspecified atom stereocenters. The molecule has 26 heavy (non-hydrogen) atoms. The highest BCUT2D eigenvalue weighted by atomic mass is 19.4. The van der Waals surface area contributed by atoms with E-state index in [0.29, 0.717) is 5.69 Å². The van der Waals surface area contributed by atoms with Gasteiger partial charge < -0.3 is 15.6 Å². The van der Waals surface area contributed by atoms with E-state index in [9.17, 15) is 18.0 Å². The standard InChI is InChI=1S/C18H13F3N4O/c19-18(20,21)15-7-11(9-22)1-2-13(15)10-24-17(26)25-14-3-4-16-12(8-14)5-6-23-16/h1-8,23H,10H2,(H2,24,25,26). The predicted octanol–water partition coefficient (Wildman–Crippen LogP) is 4.38. The molecule has 1 heterocycles. The number of nitrogens with zero attached hydrogens (tertiary/aromatic N) is 1. The van der Waals surface area contributed by atoms with Gasteiger partial charge in [0.2, 0.25) is 0 Å². The van der Waals surface area contributed by atoms with Gasteiger partial charge in [0.05, 0.1) is 17.2 Å². The van der Waals surface area contributed by atoms with E-state index in [1.165, 1.54) is 12.1 Å². The molecule has 3 aromatic rings. The first-order valence-corrected chi connectivity index (χ1v) is 7.59. The van der Waals surface area contributed by atoms with Crippen LogP contribution in [-0.4, -0.2) is 11.0 Å². The van der Waals surface area contributed by atoms with Gasteiger partial charge in [-0.2, -0.15) is 18.4 Å². The van der Waals surface area contributed by atoms with Crippen LogP contribution >= 0.6 is 0 Å². The number of nitrogens with one attached hydrogen (secondary N) is 3. The van der Waals surface area contributed by atoms with Crippen molar-refractivity contribution in [3.63, 3.8) is 0 Å². The Morgan fingerprint density at radius 2 is 1.96 bits per heavy atom. The summed E-state index contributed by atoms with van der Waals surface area (Å²) in [4.78, 5) is 15.0. The van der Waals surface area contributed by atoms with Crippen molar-refractivity contribution in [2.24, 2.45) is 0 Å². The maximum Gasteiger partial charge on any atom is 0.416 e. The van der Waals surface area contributed by atoms with Crippen LogP contribution in [0.3, 0.4) is 0 Å². The summed E-state index contributed by atoms with van der Waals surface area (Å²) in [6, 6.07) is 11.3. The van der Waals surface area contributed by atoms with Crippen LogP contribution in [0.4, 0.5) is 23.7 Å². The minimum atomic E-state index is -4.61. The molecular formula is C18H13F3N4O. The van der Waals surface area contributed by atoms with Crippen LogP contribution in [0.2, 0.25) is 0 Å². The van der Waals surface area contributed by atoms with Crippen molar-refractivity contribution in [1.29, 1.82) is 5.26 Å². The van der Waals surface area contributed by atoms with Crippen molar-refractivity contribution in [3.05, 3.63) is 65.4 Å². The summed E-state index contributed by atoms with van der Waals surface area (Å²) in [5.74, 6) is 0. The topological polar surface area (TPSA) is 80.7 Å². The maximum atomic E-state index is 13.1. The first-order chi connectivity index (χ1) is 12.4. The number of benzene rings is 2. The van der Waals surface area contributed by atoms with Gasteiger partial charge in [-0.1, -0.05) is 6.07 Å². The minimum absolute atomic E-state index is 0.0923. The Labute approximate surface area is 146 Å². The number of nitriles is 1. The number of amides is 2. The number of urea groups is 1. The van der Waals surface area contributed by atoms with Crippen LogP contribution in [0.1, 0.15) is 16.7 Å². The van der Waals surface area contributed by atoms with Gasteiger partial charge in [0, 0.05) is 29.3 Å². The largest absolute Gasteiger partial charge is 0.416 e. The molecule has 5 nitrogen and oxygen atoms in total. The zero-order valence-electron chi connectivity index (χ0n) is 13.3. The van der Waals surface area contributed by atoms with Crippen molar-refractivity contribution in [2.75, 3.05) is 5.32 Å². The molecule has 2 aromatic carbocycles. The fourth-order valence-electron chi connectivity index (χ4n) is 2.55. The van der Waals surface area contributed by atoms with Crippen LogP contribution < -0.4 is 10.6 Å². The molecule has 0 atom stereocenters. The van der Waals surface area contributed by atoms with Crippen LogP contribution in [0.25, 0.3) is 10.9 Å². The molecule has 0 saturated carbocycles. The van der Waals surface area contributed by atoms with Gasteiger partial charge in [-0.3, -0.25) is 0 Å². The van der Waals surface area contributed by atoms with Crippen molar-refractivity contribution in [3.8, 4) is 6.07 Å². The number of alkyl halides is 3. The van der Waals surface area contributed by atoms with E-state index in [1.807, 2.05) is 6.07 Å². The number of hydrogen-bond donors (Lipinski definition) is 3. The summed E-state index contributed by atoms with van der Waals surface area (Å²) < 4.78 is 39.3. The third-order valence-electron chi connectivity index (χ3n) is 3.79. The number of carbonyl (C=O) groups excluding carboxylic acids is 1. The number of anilines is 1. The summed E-state index contributed by atoms with van der Waals surface area (Å²) in [5, 5.41) is 14.6. The average molecular weight is 358 g/mol. The van der Waals surface area contributed by atoms with Gasteiger partial charge in [0.1, 0.15) is 0 Å². The zero-order valence-corrected chi connectivity index (χ0v) is 13.3. The number of hydrogen-bond acceptors (Lipinski definition) is 2. The Hall–Kier alpha value is -3.47. The highest BCUT2D eigenvalue weighted by molar-refractivity contribution is 5.92. The van der Waals surface area contributed by atoms with E-state index in [4.69, 9.17) is 5.26 Å². The third-order valence-corrected chi connectivity index (χ3v) is 3.79. The monoisotopic (exact) mass is 358 g/mol. The van der Waals surface area contributed by atoms with Gasteiger partial charge in [0.25, 0.3) is 0 Å². The zero-order chi connectivity index (χ0) is 18.7. The molecular weight excluding hydrogens is 345 g/mol. The highest BCUT2D eigenvalue weighted by Crippen LogP contribution is 2.32. The van der Waals surface area contributed by atoms with Crippen molar-refractivity contribution < 1.29 is 18.0 Å². The average Bonchev–Trinajstić information content (AvgIpc) is 3.06. The molecule has 0 saturated heterocycles. The molecule has 0 radical (unpaired) electrons. The second kappa shape index (κ2) is 6.80. The summed E-state index contributed by atoms with van der Waals surface area (Å²) in [7, 11) is 0. The van der Waals surface area contributed by atoms with Gasteiger partial charge >= 0.3 is 12.2 Å². The second-order valence-electron chi connectivity index (χ2n) is 5.57. The summed E-state index contributed by atoms with van der Waals surface area (Å²) >= 11 is 0. The Bertz CT molecular complexity index is 1000. The Balaban J connectivity index is 1.70. The quantitative estimate of drug-likeness (QED) is 0.649. The number of H-pyrrole nitrogens is 1. The van der Waals surface area contributed by atoms with Crippen LogP contribution in [0.5, 0.6) is 0 Å². The molecule has 1 aromatic heterocycles. The van der Waals surface area contributed by atoms with Gasteiger partial charge in [0.15, 0.2) is 0 Å². The first-order valence-electron chi connectivity index (χ1n) is 7.59. The normalized spacial score (nSPS) is 11.2. The van der Waals surface area contributed by atoms with E-state index < -0.39 is 17.8 Å². The Morgan fingerprint density at radius 1 is 1.15 bits per heavy atom. The summed E-state index contributed by atoms with van der Waals surface area (Å²) in [6.07, 6.45) is -2.85. The number of fused-ring (bicyclic) bond motifs is 1. The Morgan fingerprint density at radius 3 is 2.69 bits per heavy atom. The lowest BCUT2D eigenvalue weighted by Crippen LogP contribution is -2.29. The lowest BCUT2D eigenvalue weighted by molar-refractivity contribution is -0.138. The molecule has 0 bridgehead atoms. The molecule has 2 amide bonds. The molecule has 0 spiro atoms. The van der Waals surface area contributed by atoms with E-state index in [0.717, 1.165) is 17.0 Å². The van der Waals surface area contributed by atoms with Crippen molar-refractivity contribution >= 4 is 22.6 Å². The third kappa shape index (κ3) is 3.78. The van der Waals surface area contributed by atoms with Crippen LogP contribution in [0, 0.1) is 11.3 Å². The van der Waals surface area contributed by atoms with E-state index >= 15 is 0 Å². The molecule has 3 N–H and O–H groups in total. The highest BCUT2D eigenvalue weighted by Gasteiger charge is 2.33. The van der Waals surface area contributed by atoms with E-state index in [-0.39, 0.29) is 17.7 Å². The van der Waals surface area contributed by atoms with Crippen LogP contribution in [-0.2, 0) is 12.7 Å². The van der Waals surface area contributed by atoms with Crippen LogP contribution in [0.15, 0.2) is 48.7 Å². The fourth-order valence-corrected chi connectivity index (χ4v) is 2.55. The SMILES string of the molecule is N#Cc1ccc(CNC(=O)Nc2ccc3[nH]ccc3c2)c(C(F)(F)F)c1. The lowest BCUT2D eigenvalue weighted by Gasteiger charge is -2.14. The van der Waals surface area contributed by atoms with Crippen molar-refractivity contribution in [2.45, 2.75) is 12.7 Å². The predicted molar refractivity (Wildman–Crippen MR) is 90.3 cm³/mol. The summed E-state index contributed by atoms with van der Waals surface area (Å²) in [6.45, 7) is -0.321. The maximum absolute atomic E-state index is 13.1. The lowest BCUT2D eigenvalue weighted by atomic mass is 10.0. The van der Waals surface area contributed by atoms with Crippen molar-refractivity contribution in [1.82, 2.24) is 10.3 Å². The molecule has 0 aliphatic carbocycles. The van der Waals surface area contributed by atoms with E-state index in [2.05, 4.69) is 15.6 Å². The summed E-state index contributed by atoms with van der Waals surface area (Å²) in [5.41, 5.74) is 0.275. The fraction of sp³-hybridized carbons (Fsp3) is 0.111. The first kappa shape index (κ1) is 17.4. The molecule has 132 valence electrons. The molecule has 0 aliphatic rings. The number of rotatable bonds is 3. The Kier molecular flexibility index (Phi) is 4.54. The van der Waals surface area contributed by atoms with Gasteiger partial charge in [-0.25, -0.2) is 4.79 Å².